The molecule has 8 nitrogen and oxygen atoms in total. The van der Waals surface area contributed by atoms with Gasteiger partial charge in [0.2, 0.25) is 0 Å². The molecular formula is C97H64N8. The summed E-state index contributed by atoms with van der Waals surface area (Å²) in [5, 5.41) is 51.3. The first-order chi connectivity index (χ1) is 51.7. The SMILES string of the molecule is CC1(c2ccccc2C#N)NC(C2=C(C#N)C=C(c3cc(C4=CC(c5cccc6c5C=CCC6)C5N=C(c6c#cc(-c7ccccc7C#N)cc6)N=C(c6ccc(-c7ccccc7C#N)cc6)C5=C4)c4ccccc4c3)CC2)=Nc2c(-c3cccc4ccccc34)cc(C3=CC=CC4C=CC=CC34)cc21. The van der Waals surface area contributed by atoms with Crippen LogP contribution in [0.1, 0.15) is 104 Å². The van der Waals surface area contributed by atoms with Crippen molar-refractivity contribution in [1.82, 2.24) is 5.32 Å². The molecule has 8 heteroatoms. The van der Waals surface area contributed by atoms with Crippen LogP contribution < -0.4 is 5.32 Å². The van der Waals surface area contributed by atoms with Gasteiger partial charge in [0.1, 0.15) is 5.84 Å². The summed E-state index contributed by atoms with van der Waals surface area (Å²) >= 11 is 0. The molecule has 0 amide bonds. The lowest BCUT2D eigenvalue weighted by Crippen LogP contribution is -2.48. The van der Waals surface area contributed by atoms with Crippen LogP contribution in [-0.4, -0.2) is 23.4 Å². The number of aryl methyl sites for hydroxylation is 1. The van der Waals surface area contributed by atoms with Gasteiger partial charge in [-0.25, -0.2) is 9.98 Å². The minimum absolute atomic E-state index is 0.129. The van der Waals surface area contributed by atoms with E-state index >= 15 is 0 Å². The largest absolute Gasteiger partial charge is 0.356 e. The predicted molar refractivity (Wildman–Crippen MR) is 424 cm³/mol. The maximum absolute atomic E-state index is 11.7. The Hall–Kier alpha value is -13.8. The fourth-order valence-electron chi connectivity index (χ4n) is 16.8. The van der Waals surface area contributed by atoms with E-state index in [9.17, 15) is 21.0 Å². The van der Waals surface area contributed by atoms with Crippen LogP contribution in [0.5, 0.6) is 0 Å². The Morgan fingerprint density at radius 3 is 1.99 bits per heavy atom. The van der Waals surface area contributed by atoms with E-state index < -0.39 is 11.6 Å². The normalized spacial score (nSPS) is 19.5. The van der Waals surface area contributed by atoms with E-state index in [0.29, 0.717) is 52.3 Å². The highest BCUT2D eigenvalue weighted by Gasteiger charge is 2.42. The number of nitrogens with zero attached hydrogens (tertiary/aromatic N) is 7. The molecule has 0 aromatic heterocycles. The van der Waals surface area contributed by atoms with Gasteiger partial charge in [-0.05, 0) is 193 Å². The Bertz CT molecular complexity index is 6130. The smallest absolute Gasteiger partial charge is 0.164 e. The van der Waals surface area contributed by atoms with Crippen LogP contribution in [0.3, 0.4) is 0 Å². The molecule has 1 N–H and O–H groups in total. The van der Waals surface area contributed by atoms with Crippen LogP contribution in [0.4, 0.5) is 5.69 Å². The zero-order valence-electron chi connectivity index (χ0n) is 57.5. The maximum atomic E-state index is 11.7. The second-order valence-electron chi connectivity index (χ2n) is 27.9. The third-order valence-electron chi connectivity index (χ3n) is 22.0. The van der Waals surface area contributed by atoms with Gasteiger partial charge in [0.15, 0.2) is 5.84 Å². The second kappa shape index (κ2) is 26.3. The number of hydrogen-bond acceptors (Lipinski definition) is 8. The Balaban J connectivity index is 0.798. The standard InChI is InChI=1S/C97H64N8/c1-97(90-38-15-8-25-71(90)58-100)91-55-74(82-35-16-26-60-19-2-11-31-78(60)82)53-88(85-37-18-28-62-21-4-13-33-80(62)85)94(91)104-96(105-97)83-48-47-67(49-75(83)59-101)72-50-68-22-5-14-34-81(68)86(51-72)73-52-87(84-36-17-27-61-20-3-12-32-79(61)84)93-89(54-73)92(65-43-39-63(40-44-65)76-29-9-6-23-69(76)56-98)102-95(103-93)66-45-41-64(42-46-66)77-30-10-7-24-70(77)57-99/h2,4-19,21-41,43-45,49-55,60,78,87,93H,3,20,47-48H2,1H3,(H,104,105). The molecule has 0 saturated heterocycles. The number of hydrogen-bond donors (Lipinski definition) is 1. The fourth-order valence-corrected chi connectivity index (χ4v) is 16.8. The Labute approximate surface area is 611 Å². The van der Waals surface area contributed by atoms with E-state index in [1.165, 1.54) is 22.3 Å². The van der Waals surface area contributed by atoms with Crippen LogP contribution >= 0.6 is 0 Å². The highest BCUT2D eigenvalue weighted by atomic mass is 15.1. The van der Waals surface area contributed by atoms with Crippen molar-refractivity contribution >= 4 is 67.4 Å². The summed E-state index contributed by atoms with van der Waals surface area (Å²) in [7, 11) is 0. The fraction of sp³-hybridized carbons (Fsp3) is 0.103. The lowest BCUT2D eigenvalue weighted by Gasteiger charge is -2.40. The van der Waals surface area contributed by atoms with Crippen LogP contribution in [-0.2, 0) is 12.0 Å². The quantitative estimate of drug-likeness (QED) is 0.137. The molecule has 2 aliphatic heterocycles. The summed E-state index contributed by atoms with van der Waals surface area (Å²) < 4.78 is 0. The number of nitriles is 4. The van der Waals surface area contributed by atoms with Crippen molar-refractivity contribution in [3.63, 3.8) is 0 Å². The Morgan fingerprint density at radius 2 is 1.18 bits per heavy atom. The predicted octanol–water partition coefficient (Wildman–Crippen LogP) is 21.5. The van der Waals surface area contributed by atoms with Crippen LogP contribution in [0.25, 0.3) is 77.7 Å². The number of fused-ring (bicyclic) bond motifs is 6. The van der Waals surface area contributed by atoms with E-state index in [4.69, 9.17) is 15.0 Å². The molecule has 105 heavy (non-hydrogen) atoms. The number of nitrogens with one attached hydrogen (secondary N) is 1. The highest BCUT2D eigenvalue weighted by Crippen LogP contribution is 2.52. The third kappa shape index (κ3) is 11.1. The van der Waals surface area contributed by atoms with Crippen LogP contribution in [0, 0.1) is 69.3 Å². The third-order valence-corrected chi connectivity index (χ3v) is 22.0. The monoisotopic (exact) mass is 1340 g/mol. The van der Waals surface area contributed by atoms with Crippen molar-refractivity contribution in [2.45, 2.75) is 50.1 Å². The minimum Gasteiger partial charge on any atom is -0.356 e. The van der Waals surface area contributed by atoms with Gasteiger partial charge in [-0.1, -0.05) is 237 Å². The van der Waals surface area contributed by atoms with Crippen molar-refractivity contribution in [2.75, 3.05) is 0 Å². The van der Waals surface area contributed by atoms with Crippen LogP contribution in [0.15, 0.2) is 317 Å². The number of rotatable bonds is 11. The summed E-state index contributed by atoms with van der Waals surface area (Å²) in [6, 6.07) is 91.2. The highest BCUT2D eigenvalue weighted by molar-refractivity contribution is 6.23. The molecule has 0 spiro atoms. The summed E-state index contributed by atoms with van der Waals surface area (Å²) in [6.45, 7) is 2.17. The van der Waals surface area contributed by atoms with Gasteiger partial charge in [-0.3, -0.25) is 4.99 Å². The number of aliphatic imine (C=N–C) groups is 3. The summed E-state index contributed by atoms with van der Waals surface area (Å²) in [5.41, 5.74) is 23.2. The summed E-state index contributed by atoms with van der Waals surface area (Å²) in [5.74, 6) is 1.19. The molecule has 11 aromatic rings. The van der Waals surface area contributed by atoms with Crippen molar-refractivity contribution in [3.8, 4) is 57.7 Å². The molecule has 7 aliphatic rings. The zero-order valence-corrected chi connectivity index (χ0v) is 57.5. The van der Waals surface area contributed by atoms with Gasteiger partial charge in [-0.2, -0.15) is 21.0 Å². The second-order valence-corrected chi connectivity index (χ2v) is 27.9. The van der Waals surface area contributed by atoms with E-state index in [2.05, 4.69) is 261 Å². The molecule has 5 aliphatic carbocycles. The number of allylic oxidation sites excluding steroid dienone is 14. The van der Waals surface area contributed by atoms with E-state index in [0.717, 1.165) is 135 Å². The van der Waals surface area contributed by atoms with E-state index in [-0.39, 0.29) is 17.8 Å². The first-order valence-corrected chi connectivity index (χ1v) is 35.8. The van der Waals surface area contributed by atoms with Gasteiger partial charge < -0.3 is 5.32 Å². The summed E-state index contributed by atoms with van der Waals surface area (Å²) in [6.07, 6.45) is 29.9. The lowest BCUT2D eigenvalue weighted by atomic mass is 9.73. The number of benzene rings is 10. The topological polar surface area (TPSA) is 144 Å². The Morgan fingerprint density at radius 1 is 0.505 bits per heavy atom. The van der Waals surface area contributed by atoms with E-state index in [1.54, 1.807) is 0 Å². The van der Waals surface area contributed by atoms with Crippen molar-refractivity contribution < 1.29 is 0 Å². The molecule has 492 valence electrons. The van der Waals surface area contributed by atoms with Crippen LogP contribution in [0.2, 0.25) is 0 Å². The summed E-state index contributed by atoms with van der Waals surface area (Å²) in [4.78, 5) is 17.0. The van der Waals surface area contributed by atoms with Gasteiger partial charge in [0.05, 0.1) is 75.1 Å². The van der Waals surface area contributed by atoms with Crippen molar-refractivity contribution in [2.24, 2.45) is 26.8 Å². The molecule has 5 atom stereocenters. The Kier molecular flexibility index (Phi) is 15.9. The average molecular weight is 1340 g/mol. The average Bonchev–Trinajstić information content (AvgIpc) is 0.731. The molecule has 11 aromatic carbocycles. The van der Waals surface area contributed by atoms with Gasteiger partial charge in [0.25, 0.3) is 0 Å². The van der Waals surface area contributed by atoms with Gasteiger partial charge in [-0.15, -0.1) is 0 Å². The molecular weight excluding hydrogens is 1280 g/mol. The molecule has 0 radical (unpaired) electrons. The first-order valence-electron chi connectivity index (χ1n) is 35.8. The lowest BCUT2D eigenvalue weighted by molar-refractivity contribution is 0.521. The molecule has 18 rings (SSSR count). The molecule has 2 heterocycles. The van der Waals surface area contributed by atoms with Gasteiger partial charge >= 0.3 is 0 Å². The van der Waals surface area contributed by atoms with Crippen molar-refractivity contribution in [3.05, 3.63) is 386 Å². The van der Waals surface area contributed by atoms with Gasteiger partial charge in [0, 0.05) is 56.7 Å². The molecule has 0 saturated carbocycles. The maximum Gasteiger partial charge on any atom is 0.164 e. The minimum atomic E-state index is -1.00. The molecule has 0 fully saturated rings. The van der Waals surface area contributed by atoms with Crippen molar-refractivity contribution in [1.29, 1.82) is 21.0 Å². The molecule has 5 unspecified atom stereocenters. The number of amidine groups is 2. The first kappa shape index (κ1) is 63.4. The van der Waals surface area contributed by atoms with E-state index in [1.807, 2.05) is 78.9 Å². The molecule has 0 bridgehead atoms. The zero-order chi connectivity index (χ0) is 70.7.